The smallest absolute Gasteiger partial charge is 0.0643 e. The molecule has 1 aromatic heterocycles. The van der Waals surface area contributed by atoms with Crippen LogP contribution < -0.4 is 5.32 Å². The summed E-state index contributed by atoms with van der Waals surface area (Å²) >= 11 is 5.24. The fourth-order valence-electron chi connectivity index (χ4n) is 1.32. The maximum atomic E-state index is 5.11. The van der Waals surface area contributed by atoms with Gasteiger partial charge in [-0.15, -0.1) is 11.3 Å². The zero-order valence-electron chi connectivity index (χ0n) is 7.42. The van der Waals surface area contributed by atoms with E-state index in [1.165, 1.54) is 9.35 Å². The molecule has 1 aromatic rings. The Bertz CT molecular complexity index is 285. The molecule has 13 heavy (non-hydrogen) atoms. The highest BCUT2D eigenvalue weighted by Crippen LogP contribution is 2.25. The first-order chi connectivity index (χ1) is 6.25. The zero-order valence-corrected chi connectivity index (χ0v) is 9.82. The Hall–Kier alpha value is 0.1000. The van der Waals surface area contributed by atoms with E-state index in [0.29, 0.717) is 12.1 Å². The lowest BCUT2D eigenvalue weighted by molar-refractivity contribution is -0.00909. The molecule has 2 rings (SSSR count). The third-order valence-corrected chi connectivity index (χ3v) is 4.01. The van der Waals surface area contributed by atoms with Crippen LogP contribution in [0.4, 0.5) is 0 Å². The molecule has 2 heterocycles. The molecule has 0 spiro atoms. The summed E-state index contributed by atoms with van der Waals surface area (Å²) in [5.74, 6) is 0. The predicted molar refractivity (Wildman–Crippen MR) is 58.2 cm³/mol. The lowest BCUT2D eigenvalue weighted by atomic mass is 10.2. The molecule has 1 atom stereocenters. The third-order valence-electron chi connectivity index (χ3n) is 2.14. The van der Waals surface area contributed by atoms with Crippen LogP contribution >= 0.6 is 27.3 Å². The largest absolute Gasteiger partial charge is 0.378 e. The summed E-state index contributed by atoms with van der Waals surface area (Å²) < 4.78 is 6.28. The van der Waals surface area contributed by atoms with Crippen LogP contribution in [0.25, 0.3) is 0 Å². The van der Waals surface area contributed by atoms with E-state index in [-0.39, 0.29) is 0 Å². The van der Waals surface area contributed by atoms with Crippen LogP contribution in [0.1, 0.15) is 17.8 Å². The van der Waals surface area contributed by atoms with Gasteiger partial charge in [0.25, 0.3) is 0 Å². The average Bonchev–Trinajstić information content (AvgIpc) is 2.44. The topological polar surface area (TPSA) is 21.3 Å². The first-order valence-corrected chi connectivity index (χ1v) is 6.00. The molecule has 1 fully saturated rings. The van der Waals surface area contributed by atoms with Gasteiger partial charge in [-0.2, -0.15) is 0 Å². The van der Waals surface area contributed by atoms with Crippen LogP contribution in [0.2, 0.25) is 0 Å². The molecular formula is C9H12BrNOS. The van der Waals surface area contributed by atoms with Gasteiger partial charge in [0.15, 0.2) is 0 Å². The van der Waals surface area contributed by atoms with Crippen molar-refractivity contribution in [3.63, 3.8) is 0 Å². The van der Waals surface area contributed by atoms with Crippen LogP contribution in [-0.4, -0.2) is 19.3 Å². The van der Waals surface area contributed by atoms with Gasteiger partial charge in [0.1, 0.15) is 0 Å². The molecule has 0 amide bonds. The summed E-state index contributed by atoms with van der Waals surface area (Å²) in [7, 11) is 0. The van der Waals surface area contributed by atoms with Crippen molar-refractivity contribution in [1.82, 2.24) is 5.32 Å². The summed E-state index contributed by atoms with van der Waals surface area (Å²) in [5, 5.41) is 5.63. The van der Waals surface area contributed by atoms with Crippen LogP contribution in [0.3, 0.4) is 0 Å². The monoisotopic (exact) mass is 261 g/mol. The van der Waals surface area contributed by atoms with Gasteiger partial charge in [-0.3, -0.25) is 0 Å². The number of halogens is 1. The van der Waals surface area contributed by atoms with Crippen LogP contribution in [0.15, 0.2) is 15.9 Å². The van der Waals surface area contributed by atoms with Crippen molar-refractivity contribution in [3.05, 3.63) is 20.8 Å². The van der Waals surface area contributed by atoms with E-state index < -0.39 is 0 Å². The highest BCUT2D eigenvalue weighted by atomic mass is 79.9. The minimum atomic E-state index is 0.435. The minimum Gasteiger partial charge on any atom is -0.378 e. The number of hydrogen-bond acceptors (Lipinski definition) is 3. The first-order valence-electron chi connectivity index (χ1n) is 4.33. The summed E-state index contributed by atoms with van der Waals surface area (Å²) in [6, 6.07) is 3.16. The van der Waals surface area contributed by atoms with E-state index in [0.717, 1.165) is 13.2 Å². The molecule has 0 bridgehead atoms. The molecule has 2 nitrogen and oxygen atoms in total. The molecule has 0 aromatic carbocycles. The Balaban J connectivity index is 1.92. The second kappa shape index (κ2) is 4.09. The van der Waals surface area contributed by atoms with Gasteiger partial charge in [0.05, 0.1) is 19.3 Å². The van der Waals surface area contributed by atoms with E-state index in [2.05, 4.69) is 39.6 Å². The fraction of sp³-hybridized carbons (Fsp3) is 0.556. The van der Waals surface area contributed by atoms with Crippen molar-refractivity contribution in [2.24, 2.45) is 0 Å². The maximum Gasteiger partial charge on any atom is 0.0643 e. The van der Waals surface area contributed by atoms with Gasteiger partial charge < -0.3 is 10.1 Å². The molecule has 0 aliphatic carbocycles. The SMILES string of the molecule is CC(NC1COC1)c1cc(Br)cs1. The van der Waals surface area contributed by atoms with Crippen molar-refractivity contribution in [1.29, 1.82) is 0 Å². The van der Waals surface area contributed by atoms with E-state index in [9.17, 15) is 0 Å². The van der Waals surface area contributed by atoms with Crippen molar-refractivity contribution in [2.45, 2.75) is 19.0 Å². The fourth-order valence-corrected chi connectivity index (χ4v) is 2.79. The molecule has 0 saturated carbocycles. The van der Waals surface area contributed by atoms with Crippen LogP contribution in [0, 0.1) is 0 Å². The zero-order chi connectivity index (χ0) is 9.26. The van der Waals surface area contributed by atoms with Gasteiger partial charge in [0.2, 0.25) is 0 Å². The van der Waals surface area contributed by atoms with E-state index in [1.807, 2.05) is 0 Å². The van der Waals surface area contributed by atoms with E-state index in [4.69, 9.17) is 4.74 Å². The molecule has 72 valence electrons. The number of hydrogen-bond donors (Lipinski definition) is 1. The molecular weight excluding hydrogens is 250 g/mol. The summed E-state index contributed by atoms with van der Waals surface area (Å²) in [4.78, 5) is 1.37. The van der Waals surface area contributed by atoms with Crippen LogP contribution in [0.5, 0.6) is 0 Å². The summed E-state index contributed by atoms with van der Waals surface area (Å²) in [5.41, 5.74) is 0. The minimum absolute atomic E-state index is 0.435. The lowest BCUT2D eigenvalue weighted by Crippen LogP contribution is -2.46. The van der Waals surface area contributed by atoms with Crippen LogP contribution in [-0.2, 0) is 4.74 Å². The molecule has 1 unspecified atom stereocenters. The predicted octanol–water partition coefficient (Wildman–Crippen LogP) is 2.56. The number of thiophene rings is 1. The Kier molecular flexibility index (Phi) is 3.03. The van der Waals surface area contributed by atoms with Gasteiger partial charge >= 0.3 is 0 Å². The van der Waals surface area contributed by atoms with Gasteiger partial charge in [-0.05, 0) is 28.9 Å². The van der Waals surface area contributed by atoms with E-state index in [1.54, 1.807) is 11.3 Å². The first kappa shape index (κ1) is 9.65. The highest BCUT2D eigenvalue weighted by Gasteiger charge is 2.20. The molecule has 1 saturated heterocycles. The molecule has 1 aliphatic heterocycles. The second-order valence-electron chi connectivity index (χ2n) is 3.29. The number of nitrogens with one attached hydrogen (secondary N) is 1. The molecule has 4 heteroatoms. The summed E-state index contributed by atoms with van der Waals surface area (Å²) in [6.45, 7) is 3.91. The van der Waals surface area contributed by atoms with Gasteiger partial charge in [-0.25, -0.2) is 0 Å². The normalized spacial score (nSPS) is 19.8. The second-order valence-corrected chi connectivity index (χ2v) is 5.15. The van der Waals surface area contributed by atoms with Crippen molar-refractivity contribution >= 4 is 27.3 Å². The van der Waals surface area contributed by atoms with Crippen molar-refractivity contribution in [2.75, 3.05) is 13.2 Å². The number of rotatable bonds is 3. The molecule has 0 radical (unpaired) electrons. The number of ether oxygens (including phenoxy) is 1. The summed E-state index contributed by atoms with van der Waals surface area (Å²) in [6.07, 6.45) is 0. The van der Waals surface area contributed by atoms with Gasteiger partial charge in [-0.1, -0.05) is 0 Å². The Morgan fingerprint density at radius 1 is 1.69 bits per heavy atom. The molecule has 1 N–H and O–H groups in total. The Morgan fingerprint density at radius 2 is 2.46 bits per heavy atom. The standard InChI is InChI=1S/C9H12BrNOS/c1-6(11-8-3-12-4-8)9-2-7(10)5-13-9/h2,5-6,8,11H,3-4H2,1H3. The lowest BCUT2D eigenvalue weighted by Gasteiger charge is -2.29. The Labute approximate surface area is 90.4 Å². The average molecular weight is 262 g/mol. The van der Waals surface area contributed by atoms with Crippen molar-refractivity contribution in [3.8, 4) is 0 Å². The third kappa shape index (κ3) is 2.31. The Morgan fingerprint density at radius 3 is 2.92 bits per heavy atom. The maximum absolute atomic E-state index is 5.11. The molecule has 1 aliphatic rings. The highest BCUT2D eigenvalue weighted by molar-refractivity contribution is 9.10. The van der Waals surface area contributed by atoms with Gasteiger partial charge in [0, 0.05) is 20.8 Å². The quantitative estimate of drug-likeness (QED) is 0.903. The van der Waals surface area contributed by atoms with Crippen molar-refractivity contribution < 1.29 is 4.74 Å². The van der Waals surface area contributed by atoms with E-state index >= 15 is 0 Å².